The Morgan fingerprint density at radius 3 is 2.63 bits per heavy atom. The average Bonchev–Trinajstić information content (AvgIpc) is 3.31. The highest BCUT2D eigenvalue weighted by Crippen LogP contribution is 2.31. The summed E-state index contributed by atoms with van der Waals surface area (Å²) in [5.41, 5.74) is 2.66. The molecule has 0 bridgehead atoms. The van der Waals surface area contributed by atoms with Crippen LogP contribution < -0.4 is 10.1 Å². The van der Waals surface area contributed by atoms with E-state index in [1.165, 1.54) is 5.56 Å². The van der Waals surface area contributed by atoms with Gasteiger partial charge in [0.1, 0.15) is 18.4 Å². The first-order valence-electron chi connectivity index (χ1n) is 14.9. The number of carbonyl (C=O) groups excluding carboxylic acids is 4. The monoisotopic (exact) mass is 558 g/mol. The molecule has 4 aliphatic heterocycles. The first kappa shape index (κ1) is 27.4. The third kappa shape index (κ3) is 6.00. The first-order valence-corrected chi connectivity index (χ1v) is 14.9. The highest BCUT2D eigenvalue weighted by Gasteiger charge is 2.39. The Kier molecular flexibility index (Phi) is 8.05. The zero-order valence-corrected chi connectivity index (χ0v) is 23.4. The molecule has 41 heavy (non-hydrogen) atoms. The van der Waals surface area contributed by atoms with Crippen LogP contribution in [0.5, 0.6) is 5.75 Å². The second-order valence-electron chi connectivity index (χ2n) is 11.8. The van der Waals surface area contributed by atoms with E-state index in [1.807, 2.05) is 12.1 Å². The van der Waals surface area contributed by atoms with E-state index in [4.69, 9.17) is 4.74 Å². The lowest BCUT2D eigenvalue weighted by Gasteiger charge is -2.40. The molecule has 2 aromatic carbocycles. The summed E-state index contributed by atoms with van der Waals surface area (Å²) in [6, 6.07) is 15.3. The van der Waals surface area contributed by atoms with Gasteiger partial charge in [0.25, 0.3) is 5.91 Å². The summed E-state index contributed by atoms with van der Waals surface area (Å²) in [5.74, 6) is 0.00879. The number of hydrogen-bond acceptors (Lipinski definition) is 6. The zero-order valence-electron chi connectivity index (χ0n) is 23.4. The Balaban J connectivity index is 1.07. The lowest BCUT2D eigenvalue weighted by Crippen LogP contribution is -2.52. The van der Waals surface area contributed by atoms with Gasteiger partial charge in [-0.25, -0.2) is 0 Å². The third-order valence-electron chi connectivity index (χ3n) is 8.95. The molecule has 2 unspecified atom stereocenters. The lowest BCUT2D eigenvalue weighted by atomic mass is 9.93. The molecule has 0 spiro atoms. The topological polar surface area (TPSA) is 99.3 Å². The van der Waals surface area contributed by atoms with Gasteiger partial charge in [0.05, 0.1) is 12.0 Å². The van der Waals surface area contributed by atoms with Gasteiger partial charge in [-0.2, -0.15) is 0 Å². The molecule has 2 aromatic rings. The molecule has 0 aromatic heterocycles. The van der Waals surface area contributed by atoms with Crippen LogP contribution in [0, 0.1) is 5.92 Å². The molecule has 1 N–H and O–H groups in total. The number of likely N-dealkylation sites (tertiary alicyclic amines) is 2. The number of rotatable bonds is 7. The number of amides is 4. The molecule has 4 amide bonds. The number of hydrogen-bond donors (Lipinski definition) is 1. The summed E-state index contributed by atoms with van der Waals surface area (Å²) in [5, 5.41) is 2.34. The molecular formula is C32H38N4O5. The Morgan fingerprint density at radius 1 is 0.951 bits per heavy atom. The van der Waals surface area contributed by atoms with E-state index >= 15 is 0 Å². The van der Waals surface area contributed by atoms with Crippen molar-refractivity contribution in [3.05, 3.63) is 65.2 Å². The molecule has 6 rings (SSSR count). The van der Waals surface area contributed by atoms with Crippen LogP contribution in [0.15, 0.2) is 48.5 Å². The van der Waals surface area contributed by atoms with Crippen LogP contribution in [0.3, 0.4) is 0 Å². The largest absolute Gasteiger partial charge is 0.491 e. The number of fused-ring (bicyclic) bond motifs is 1. The molecule has 4 heterocycles. The molecular weight excluding hydrogens is 520 g/mol. The van der Waals surface area contributed by atoms with E-state index in [1.54, 1.807) is 17.0 Å². The summed E-state index contributed by atoms with van der Waals surface area (Å²) in [6.45, 7) is 4.18. The predicted molar refractivity (Wildman–Crippen MR) is 152 cm³/mol. The van der Waals surface area contributed by atoms with Crippen LogP contribution in [-0.2, 0) is 27.5 Å². The van der Waals surface area contributed by atoms with Gasteiger partial charge in [-0.15, -0.1) is 0 Å². The normalized spacial score (nSPS) is 25.2. The highest BCUT2D eigenvalue weighted by molar-refractivity contribution is 6.05. The number of nitrogens with zero attached hydrogens (tertiary/aromatic N) is 3. The molecule has 4 aliphatic rings. The van der Waals surface area contributed by atoms with Gasteiger partial charge in [-0.3, -0.25) is 29.4 Å². The summed E-state index contributed by atoms with van der Waals surface area (Å²) >= 11 is 0. The number of imide groups is 1. The van der Waals surface area contributed by atoms with E-state index in [-0.39, 0.29) is 36.1 Å². The lowest BCUT2D eigenvalue weighted by molar-refractivity contribution is -0.142. The summed E-state index contributed by atoms with van der Waals surface area (Å²) < 4.78 is 6.23. The van der Waals surface area contributed by atoms with E-state index < -0.39 is 11.9 Å². The smallest absolute Gasteiger partial charge is 0.255 e. The van der Waals surface area contributed by atoms with E-state index in [9.17, 15) is 19.2 Å². The fraction of sp³-hybridized carbons (Fsp3) is 0.500. The van der Waals surface area contributed by atoms with Crippen LogP contribution in [0.4, 0.5) is 0 Å². The van der Waals surface area contributed by atoms with Gasteiger partial charge in [0, 0.05) is 38.2 Å². The van der Waals surface area contributed by atoms with Crippen molar-refractivity contribution in [3.8, 4) is 5.75 Å². The molecule has 3 atom stereocenters. The van der Waals surface area contributed by atoms with Gasteiger partial charge < -0.3 is 14.5 Å². The van der Waals surface area contributed by atoms with Crippen molar-refractivity contribution in [1.82, 2.24) is 20.0 Å². The van der Waals surface area contributed by atoms with Gasteiger partial charge in [0.15, 0.2) is 0 Å². The SMILES string of the molecule is O=C1CCC(N2Cc3cc(OC[C@H]4CCCCN4C(=O)C4CCCN(Cc5ccccc5)C4)ccc3C2=O)C(=O)N1. The van der Waals surface area contributed by atoms with E-state index in [0.29, 0.717) is 30.9 Å². The fourth-order valence-corrected chi connectivity index (χ4v) is 6.77. The molecule has 9 nitrogen and oxygen atoms in total. The van der Waals surface area contributed by atoms with E-state index in [2.05, 4.69) is 39.4 Å². The molecule has 0 saturated carbocycles. The van der Waals surface area contributed by atoms with Crippen LogP contribution in [0.25, 0.3) is 0 Å². The van der Waals surface area contributed by atoms with Crippen molar-refractivity contribution in [3.63, 3.8) is 0 Å². The van der Waals surface area contributed by atoms with Gasteiger partial charge in [-0.05, 0) is 74.4 Å². The Labute approximate surface area is 240 Å². The highest BCUT2D eigenvalue weighted by atomic mass is 16.5. The van der Waals surface area contributed by atoms with Crippen LogP contribution >= 0.6 is 0 Å². The molecule has 0 radical (unpaired) electrons. The minimum absolute atomic E-state index is 0.0114. The van der Waals surface area contributed by atoms with Crippen molar-refractivity contribution >= 4 is 23.6 Å². The second-order valence-corrected chi connectivity index (χ2v) is 11.8. The Morgan fingerprint density at radius 2 is 1.80 bits per heavy atom. The fourth-order valence-electron chi connectivity index (χ4n) is 6.77. The van der Waals surface area contributed by atoms with Crippen molar-refractivity contribution in [2.24, 2.45) is 5.92 Å². The summed E-state index contributed by atoms with van der Waals surface area (Å²) in [6.07, 6.45) is 5.53. The molecule has 3 fully saturated rings. The molecule has 0 aliphatic carbocycles. The minimum atomic E-state index is -0.637. The van der Waals surface area contributed by atoms with Gasteiger partial charge in [-0.1, -0.05) is 30.3 Å². The van der Waals surface area contributed by atoms with Gasteiger partial charge >= 0.3 is 0 Å². The third-order valence-corrected chi connectivity index (χ3v) is 8.95. The van der Waals surface area contributed by atoms with Crippen LogP contribution in [0.2, 0.25) is 0 Å². The van der Waals surface area contributed by atoms with Crippen molar-refractivity contribution in [1.29, 1.82) is 0 Å². The Bertz CT molecular complexity index is 1310. The molecule has 3 saturated heterocycles. The zero-order chi connectivity index (χ0) is 28.3. The van der Waals surface area contributed by atoms with Crippen LogP contribution in [0.1, 0.15) is 66.4 Å². The number of piperidine rings is 3. The molecule has 216 valence electrons. The Hall–Kier alpha value is -3.72. The van der Waals surface area contributed by atoms with Crippen LogP contribution in [-0.4, -0.2) is 76.7 Å². The van der Waals surface area contributed by atoms with Crippen molar-refractivity contribution < 1.29 is 23.9 Å². The quantitative estimate of drug-likeness (QED) is 0.525. The first-order chi connectivity index (χ1) is 20.0. The maximum atomic E-state index is 13.7. The average molecular weight is 559 g/mol. The standard InChI is InChI=1S/C32H38N4O5/c37-29-14-13-28(30(38)33-29)36-20-24-17-26(11-12-27(24)32(36)40)41-21-25-10-4-5-16-35(25)31(39)23-9-6-15-34(19-23)18-22-7-2-1-3-8-22/h1-3,7-8,11-12,17,23,25,28H,4-6,9-10,13-16,18-21H2,(H,33,37,38)/t23?,25-,28?/m1/s1. The number of nitrogens with one attached hydrogen (secondary N) is 1. The summed E-state index contributed by atoms with van der Waals surface area (Å²) in [7, 11) is 0. The number of ether oxygens (including phenoxy) is 1. The second kappa shape index (κ2) is 12.0. The maximum Gasteiger partial charge on any atom is 0.255 e. The number of carbonyl (C=O) groups is 4. The predicted octanol–water partition coefficient (Wildman–Crippen LogP) is 3.12. The number of benzene rings is 2. The minimum Gasteiger partial charge on any atom is -0.491 e. The summed E-state index contributed by atoms with van der Waals surface area (Å²) in [4.78, 5) is 56.6. The van der Waals surface area contributed by atoms with Crippen molar-refractivity contribution in [2.45, 2.75) is 70.1 Å². The van der Waals surface area contributed by atoms with Gasteiger partial charge in [0.2, 0.25) is 17.7 Å². The van der Waals surface area contributed by atoms with E-state index in [0.717, 1.165) is 63.8 Å². The maximum absolute atomic E-state index is 13.7. The molecule has 9 heteroatoms. The van der Waals surface area contributed by atoms with Crippen molar-refractivity contribution in [2.75, 3.05) is 26.2 Å².